The normalized spacial score (nSPS) is 13.5. The van der Waals surface area contributed by atoms with Gasteiger partial charge >= 0.3 is 0 Å². The number of benzene rings is 2. The van der Waals surface area contributed by atoms with E-state index < -0.39 is 0 Å². The molecule has 0 aliphatic carbocycles. The lowest BCUT2D eigenvalue weighted by Gasteiger charge is -2.26. The van der Waals surface area contributed by atoms with E-state index >= 15 is 0 Å². The molecule has 2 heterocycles. The SMILES string of the molecule is CCc1c(C(=O)NN2CCCCC2)nc(-c2ccc(Cl)cc2Cl)n1-c1ccc(C#CCCCC#N)cc1. The van der Waals surface area contributed by atoms with Crippen molar-refractivity contribution in [2.24, 2.45) is 0 Å². The second-order valence-electron chi connectivity index (χ2n) is 8.89. The summed E-state index contributed by atoms with van der Waals surface area (Å²) in [4.78, 5) is 18.2. The van der Waals surface area contributed by atoms with Crippen molar-refractivity contribution >= 4 is 29.1 Å². The van der Waals surface area contributed by atoms with Crippen molar-refractivity contribution in [3.05, 3.63) is 69.5 Å². The Balaban J connectivity index is 1.74. The third-order valence-electron chi connectivity index (χ3n) is 6.26. The van der Waals surface area contributed by atoms with E-state index in [4.69, 9.17) is 33.4 Å². The summed E-state index contributed by atoms with van der Waals surface area (Å²) < 4.78 is 1.99. The zero-order chi connectivity index (χ0) is 26.2. The predicted molar refractivity (Wildman–Crippen MR) is 148 cm³/mol. The molecule has 1 amide bonds. The fourth-order valence-electron chi connectivity index (χ4n) is 4.41. The minimum atomic E-state index is -0.219. The second kappa shape index (κ2) is 12.8. The summed E-state index contributed by atoms with van der Waals surface area (Å²) in [5, 5.41) is 11.6. The molecule has 4 rings (SSSR count). The number of aromatic nitrogens is 2. The van der Waals surface area contributed by atoms with Crippen LogP contribution < -0.4 is 5.43 Å². The lowest BCUT2D eigenvalue weighted by molar-refractivity contribution is 0.0744. The Bertz CT molecular complexity index is 1360. The number of hydrazine groups is 1. The van der Waals surface area contributed by atoms with E-state index in [0.717, 1.165) is 49.3 Å². The van der Waals surface area contributed by atoms with Gasteiger partial charge in [-0.25, -0.2) is 9.99 Å². The molecule has 1 fully saturated rings. The minimum absolute atomic E-state index is 0.219. The maximum Gasteiger partial charge on any atom is 0.286 e. The van der Waals surface area contributed by atoms with Crippen molar-refractivity contribution in [3.8, 4) is 35.0 Å². The number of amides is 1. The molecular formula is C29H29Cl2N5O. The molecule has 190 valence electrons. The van der Waals surface area contributed by atoms with Gasteiger partial charge in [0.2, 0.25) is 0 Å². The van der Waals surface area contributed by atoms with E-state index in [0.29, 0.717) is 46.4 Å². The molecule has 1 aromatic heterocycles. The van der Waals surface area contributed by atoms with Crippen LogP contribution >= 0.6 is 23.2 Å². The number of hydrogen-bond donors (Lipinski definition) is 1. The first-order valence-electron chi connectivity index (χ1n) is 12.6. The molecule has 1 aliphatic heterocycles. The van der Waals surface area contributed by atoms with Crippen molar-refractivity contribution < 1.29 is 4.79 Å². The van der Waals surface area contributed by atoms with Crippen LogP contribution in [-0.4, -0.2) is 33.6 Å². The number of piperidine rings is 1. The molecule has 37 heavy (non-hydrogen) atoms. The fourth-order valence-corrected chi connectivity index (χ4v) is 4.90. The molecule has 3 aromatic rings. The van der Waals surface area contributed by atoms with E-state index in [2.05, 4.69) is 23.3 Å². The zero-order valence-electron chi connectivity index (χ0n) is 20.9. The van der Waals surface area contributed by atoms with Gasteiger partial charge in [-0.15, -0.1) is 0 Å². The molecular weight excluding hydrogens is 505 g/mol. The van der Waals surface area contributed by atoms with Crippen LogP contribution in [0.25, 0.3) is 17.1 Å². The highest BCUT2D eigenvalue weighted by Gasteiger charge is 2.26. The summed E-state index contributed by atoms with van der Waals surface area (Å²) in [7, 11) is 0. The van der Waals surface area contributed by atoms with Crippen LogP contribution in [0.3, 0.4) is 0 Å². The molecule has 0 saturated carbocycles. The number of hydrogen-bond acceptors (Lipinski definition) is 4. The third kappa shape index (κ3) is 6.53. The quantitative estimate of drug-likeness (QED) is 0.274. The average Bonchev–Trinajstić information content (AvgIpc) is 3.29. The number of unbranched alkanes of at least 4 members (excludes halogenated alkanes) is 2. The third-order valence-corrected chi connectivity index (χ3v) is 6.81. The number of nitriles is 1. The molecule has 0 unspecified atom stereocenters. The number of nitrogens with zero attached hydrogens (tertiary/aromatic N) is 4. The maximum absolute atomic E-state index is 13.4. The van der Waals surface area contributed by atoms with Gasteiger partial charge in [-0.3, -0.25) is 14.8 Å². The number of halogens is 2. The number of carbonyl (C=O) groups is 1. The lowest BCUT2D eigenvalue weighted by atomic mass is 10.1. The lowest BCUT2D eigenvalue weighted by Crippen LogP contribution is -2.45. The first-order chi connectivity index (χ1) is 18.0. The van der Waals surface area contributed by atoms with Gasteiger partial charge in [0.1, 0.15) is 5.82 Å². The van der Waals surface area contributed by atoms with Crippen molar-refractivity contribution in [3.63, 3.8) is 0 Å². The van der Waals surface area contributed by atoms with E-state index in [1.807, 2.05) is 46.8 Å². The summed E-state index contributed by atoms with van der Waals surface area (Å²) in [5.41, 5.74) is 6.67. The fraction of sp³-hybridized carbons (Fsp3) is 0.345. The summed E-state index contributed by atoms with van der Waals surface area (Å²) >= 11 is 12.8. The van der Waals surface area contributed by atoms with Gasteiger partial charge < -0.3 is 0 Å². The highest BCUT2D eigenvalue weighted by Crippen LogP contribution is 2.33. The van der Waals surface area contributed by atoms with Crippen LogP contribution in [0.2, 0.25) is 10.0 Å². The van der Waals surface area contributed by atoms with Crippen LogP contribution in [0.1, 0.15) is 67.2 Å². The molecule has 6 nitrogen and oxygen atoms in total. The number of rotatable bonds is 7. The summed E-state index contributed by atoms with van der Waals surface area (Å²) in [5.74, 6) is 6.63. The molecule has 0 atom stereocenters. The Kier molecular flexibility index (Phi) is 9.25. The van der Waals surface area contributed by atoms with Crippen LogP contribution in [0.5, 0.6) is 0 Å². The first kappa shape index (κ1) is 26.8. The second-order valence-corrected chi connectivity index (χ2v) is 9.74. The molecule has 8 heteroatoms. The van der Waals surface area contributed by atoms with Crippen LogP contribution in [-0.2, 0) is 6.42 Å². The summed E-state index contributed by atoms with van der Waals surface area (Å²) in [6, 6.07) is 15.3. The standard InChI is InChI=1S/C29H29Cl2N5O/c1-2-26-27(29(37)34-35-18-8-5-9-19-35)33-28(24-16-13-22(30)20-25(24)31)36(26)23-14-11-21(12-15-23)10-6-3-4-7-17-32/h11-16,20H,2-5,7-9,18-19H2,1H3,(H,34,37). The van der Waals surface area contributed by atoms with Gasteiger partial charge in [0, 0.05) is 47.8 Å². The highest BCUT2D eigenvalue weighted by molar-refractivity contribution is 6.36. The van der Waals surface area contributed by atoms with Gasteiger partial charge in [0.25, 0.3) is 5.91 Å². The first-order valence-corrected chi connectivity index (χ1v) is 13.4. The predicted octanol–water partition coefficient (Wildman–Crippen LogP) is 6.58. The molecule has 0 bridgehead atoms. The summed E-state index contributed by atoms with van der Waals surface area (Å²) in [6.07, 6.45) is 5.87. The molecule has 2 aromatic carbocycles. The van der Waals surface area contributed by atoms with Gasteiger partial charge in [0.05, 0.1) is 16.8 Å². The Labute approximate surface area is 228 Å². The van der Waals surface area contributed by atoms with Crippen molar-refractivity contribution in [2.45, 2.75) is 51.9 Å². The number of imidazole rings is 1. The number of nitrogens with one attached hydrogen (secondary N) is 1. The zero-order valence-corrected chi connectivity index (χ0v) is 22.4. The maximum atomic E-state index is 13.4. The van der Waals surface area contributed by atoms with E-state index in [-0.39, 0.29) is 5.91 Å². The average molecular weight is 534 g/mol. The molecule has 1 N–H and O–H groups in total. The molecule has 1 saturated heterocycles. The van der Waals surface area contributed by atoms with Crippen molar-refractivity contribution in [1.29, 1.82) is 5.26 Å². The topological polar surface area (TPSA) is 74.0 Å². The Morgan fingerprint density at radius 1 is 1.08 bits per heavy atom. The smallest absolute Gasteiger partial charge is 0.286 e. The summed E-state index contributed by atoms with van der Waals surface area (Å²) in [6.45, 7) is 3.69. The van der Waals surface area contributed by atoms with E-state index in [9.17, 15) is 4.79 Å². The van der Waals surface area contributed by atoms with Crippen molar-refractivity contribution in [1.82, 2.24) is 20.0 Å². The van der Waals surface area contributed by atoms with Gasteiger partial charge in [0.15, 0.2) is 5.69 Å². The van der Waals surface area contributed by atoms with E-state index in [1.54, 1.807) is 12.1 Å². The molecule has 1 aliphatic rings. The number of carbonyl (C=O) groups excluding carboxylic acids is 1. The van der Waals surface area contributed by atoms with E-state index in [1.165, 1.54) is 6.42 Å². The van der Waals surface area contributed by atoms with Crippen LogP contribution in [0, 0.1) is 23.2 Å². The molecule has 0 spiro atoms. The minimum Gasteiger partial charge on any atom is -0.296 e. The van der Waals surface area contributed by atoms with Crippen LogP contribution in [0.15, 0.2) is 42.5 Å². The Morgan fingerprint density at radius 3 is 2.51 bits per heavy atom. The Morgan fingerprint density at radius 2 is 1.84 bits per heavy atom. The highest BCUT2D eigenvalue weighted by atomic mass is 35.5. The Hall–Kier alpha value is -3.29. The largest absolute Gasteiger partial charge is 0.296 e. The van der Waals surface area contributed by atoms with Crippen molar-refractivity contribution in [2.75, 3.05) is 13.1 Å². The molecule has 0 radical (unpaired) electrons. The van der Waals surface area contributed by atoms with Crippen LogP contribution in [0.4, 0.5) is 0 Å². The van der Waals surface area contributed by atoms with Gasteiger partial charge in [-0.05, 0) is 68.1 Å². The van der Waals surface area contributed by atoms with Gasteiger partial charge in [-0.2, -0.15) is 5.26 Å². The van der Waals surface area contributed by atoms with Gasteiger partial charge in [-0.1, -0.05) is 48.4 Å². The monoisotopic (exact) mass is 533 g/mol.